The summed E-state index contributed by atoms with van der Waals surface area (Å²) >= 11 is 0. The third kappa shape index (κ3) is 3.94. The summed E-state index contributed by atoms with van der Waals surface area (Å²) in [6.45, 7) is 5.49. The van der Waals surface area contributed by atoms with E-state index >= 15 is 0 Å². The second-order valence-corrected chi connectivity index (χ2v) is 5.26. The first-order valence-electron chi connectivity index (χ1n) is 6.93. The van der Waals surface area contributed by atoms with Gasteiger partial charge in [0.25, 0.3) is 5.91 Å². The minimum absolute atomic E-state index is 0.103. The zero-order valence-electron chi connectivity index (χ0n) is 12.3. The van der Waals surface area contributed by atoms with Crippen molar-refractivity contribution >= 4 is 11.7 Å². The summed E-state index contributed by atoms with van der Waals surface area (Å²) in [6.07, 6.45) is 1.63. The Labute approximate surface area is 123 Å². The lowest BCUT2D eigenvalue weighted by Crippen LogP contribution is -2.46. The average Bonchev–Trinajstić information content (AvgIpc) is 2.80. The molecule has 2 rings (SSSR count). The lowest BCUT2D eigenvalue weighted by Gasteiger charge is -2.31. The van der Waals surface area contributed by atoms with Crippen LogP contribution in [0.25, 0.3) is 0 Å². The number of carbonyl (C=O) groups is 1. The molecule has 0 unspecified atom stereocenters. The molecule has 8 nitrogen and oxygen atoms in total. The number of amides is 1. The molecule has 4 N–H and O–H groups in total. The van der Waals surface area contributed by atoms with Crippen molar-refractivity contribution in [2.24, 2.45) is 10.9 Å². The molecule has 21 heavy (non-hydrogen) atoms. The summed E-state index contributed by atoms with van der Waals surface area (Å²) in [6, 6.07) is 0.103. The van der Waals surface area contributed by atoms with Gasteiger partial charge >= 0.3 is 0 Å². The van der Waals surface area contributed by atoms with Crippen molar-refractivity contribution in [1.29, 1.82) is 0 Å². The summed E-state index contributed by atoms with van der Waals surface area (Å²) in [7, 11) is 0. The van der Waals surface area contributed by atoms with Crippen LogP contribution in [0, 0.1) is 13.8 Å². The molecule has 1 aliphatic rings. The molecule has 1 aromatic heterocycles. The number of carbonyl (C=O) groups excluding carboxylic acids is 1. The number of aryl methyl sites for hydroxylation is 2. The molecule has 0 aromatic carbocycles. The molecule has 0 bridgehead atoms. The van der Waals surface area contributed by atoms with E-state index in [1.165, 1.54) is 0 Å². The molecule has 0 aliphatic carbocycles. The highest BCUT2D eigenvalue weighted by Gasteiger charge is 2.24. The van der Waals surface area contributed by atoms with Crippen molar-refractivity contribution in [3.8, 4) is 0 Å². The molecule has 1 fully saturated rings. The van der Waals surface area contributed by atoms with E-state index in [-0.39, 0.29) is 23.5 Å². The Morgan fingerprint density at radius 3 is 2.71 bits per heavy atom. The number of rotatable bonds is 4. The molecular weight excluding hydrogens is 274 g/mol. The molecule has 1 aliphatic heterocycles. The van der Waals surface area contributed by atoms with Gasteiger partial charge in [-0.05, 0) is 19.8 Å². The Morgan fingerprint density at radius 2 is 2.19 bits per heavy atom. The largest absolute Gasteiger partial charge is 0.436 e. The SMILES string of the molecule is Cc1nc(C)c(C(=O)NC2CCN(CC(N)=NO)CC2)o1. The number of hydrogen-bond donors (Lipinski definition) is 3. The summed E-state index contributed by atoms with van der Waals surface area (Å²) in [5, 5.41) is 14.5. The first-order chi connectivity index (χ1) is 9.99. The maximum absolute atomic E-state index is 12.1. The van der Waals surface area contributed by atoms with E-state index in [2.05, 4.69) is 20.4 Å². The maximum atomic E-state index is 12.1. The monoisotopic (exact) mass is 295 g/mol. The molecule has 1 amide bonds. The highest BCUT2D eigenvalue weighted by Crippen LogP contribution is 2.13. The summed E-state index contributed by atoms with van der Waals surface area (Å²) < 4.78 is 5.31. The van der Waals surface area contributed by atoms with Crippen LogP contribution in [0.5, 0.6) is 0 Å². The fourth-order valence-electron chi connectivity index (χ4n) is 2.49. The second kappa shape index (κ2) is 6.57. The number of likely N-dealkylation sites (tertiary alicyclic amines) is 1. The van der Waals surface area contributed by atoms with Crippen LogP contribution in [-0.2, 0) is 0 Å². The normalized spacial score (nSPS) is 17.9. The van der Waals surface area contributed by atoms with Crippen molar-refractivity contribution < 1.29 is 14.4 Å². The number of piperidine rings is 1. The Kier molecular flexibility index (Phi) is 4.79. The third-order valence-electron chi connectivity index (χ3n) is 3.55. The molecular formula is C13H21N5O3. The Hall–Kier alpha value is -2.09. The second-order valence-electron chi connectivity index (χ2n) is 5.26. The van der Waals surface area contributed by atoms with Crippen molar-refractivity contribution in [3.63, 3.8) is 0 Å². The van der Waals surface area contributed by atoms with Crippen LogP contribution in [0.15, 0.2) is 9.57 Å². The van der Waals surface area contributed by atoms with Crippen LogP contribution in [0.1, 0.15) is 35.0 Å². The first kappa shape index (κ1) is 15.3. The molecule has 1 aromatic rings. The lowest BCUT2D eigenvalue weighted by molar-refractivity contribution is 0.0884. The summed E-state index contributed by atoms with van der Waals surface area (Å²) in [5.74, 6) is 0.756. The quantitative estimate of drug-likeness (QED) is 0.317. The zero-order chi connectivity index (χ0) is 15.4. The van der Waals surface area contributed by atoms with Gasteiger partial charge in [0.1, 0.15) is 0 Å². The van der Waals surface area contributed by atoms with Gasteiger partial charge in [0.15, 0.2) is 11.7 Å². The zero-order valence-corrected chi connectivity index (χ0v) is 12.3. The minimum Gasteiger partial charge on any atom is -0.436 e. The maximum Gasteiger partial charge on any atom is 0.289 e. The molecule has 1 saturated heterocycles. The average molecular weight is 295 g/mol. The minimum atomic E-state index is -0.219. The van der Waals surface area contributed by atoms with Gasteiger partial charge in [-0.1, -0.05) is 5.16 Å². The van der Waals surface area contributed by atoms with E-state index in [0.717, 1.165) is 25.9 Å². The molecule has 0 atom stereocenters. The van der Waals surface area contributed by atoms with Gasteiger partial charge in [0.05, 0.1) is 12.2 Å². The Bertz CT molecular complexity index is 532. The fourth-order valence-corrected chi connectivity index (χ4v) is 2.49. The lowest BCUT2D eigenvalue weighted by atomic mass is 10.0. The Morgan fingerprint density at radius 1 is 1.52 bits per heavy atom. The van der Waals surface area contributed by atoms with Crippen LogP contribution in [0.4, 0.5) is 0 Å². The smallest absolute Gasteiger partial charge is 0.289 e. The number of oxazole rings is 1. The van der Waals surface area contributed by atoms with Crippen molar-refractivity contribution in [3.05, 3.63) is 17.3 Å². The number of oxime groups is 1. The van der Waals surface area contributed by atoms with E-state index in [1.807, 2.05) is 0 Å². The summed E-state index contributed by atoms with van der Waals surface area (Å²) in [5.41, 5.74) is 6.09. The van der Waals surface area contributed by atoms with Crippen LogP contribution >= 0.6 is 0 Å². The van der Waals surface area contributed by atoms with E-state index < -0.39 is 0 Å². The fraction of sp³-hybridized carbons (Fsp3) is 0.615. The highest BCUT2D eigenvalue weighted by molar-refractivity contribution is 5.92. The van der Waals surface area contributed by atoms with Gasteiger partial charge in [-0.25, -0.2) is 4.98 Å². The van der Waals surface area contributed by atoms with Gasteiger partial charge in [-0.3, -0.25) is 9.69 Å². The van der Waals surface area contributed by atoms with E-state index in [9.17, 15) is 4.79 Å². The standard InChI is InChI=1S/C13H21N5O3/c1-8-12(21-9(2)15-8)13(19)16-10-3-5-18(6-4-10)7-11(14)17-20/h10,20H,3-7H2,1-2H3,(H2,14,17)(H,16,19). The Balaban J connectivity index is 1.83. The predicted molar refractivity (Wildman–Crippen MR) is 76.3 cm³/mol. The number of aromatic nitrogens is 1. The molecule has 0 radical (unpaired) electrons. The predicted octanol–water partition coefficient (Wildman–Crippen LogP) is 0.232. The summed E-state index contributed by atoms with van der Waals surface area (Å²) in [4.78, 5) is 18.3. The van der Waals surface area contributed by atoms with Crippen LogP contribution < -0.4 is 11.1 Å². The van der Waals surface area contributed by atoms with E-state index in [1.54, 1.807) is 13.8 Å². The number of amidine groups is 1. The molecule has 116 valence electrons. The van der Waals surface area contributed by atoms with Crippen molar-refractivity contribution in [2.45, 2.75) is 32.7 Å². The molecule has 0 spiro atoms. The van der Waals surface area contributed by atoms with Crippen molar-refractivity contribution in [2.75, 3.05) is 19.6 Å². The number of nitrogens with zero attached hydrogens (tertiary/aromatic N) is 3. The van der Waals surface area contributed by atoms with E-state index in [0.29, 0.717) is 18.1 Å². The topological polar surface area (TPSA) is 117 Å². The number of hydrogen-bond acceptors (Lipinski definition) is 6. The van der Waals surface area contributed by atoms with Gasteiger partial charge in [0.2, 0.25) is 5.76 Å². The number of nitrogens with one attached hydrogen (secondary N) is 1. The van der Waals surface area contributed by atoms with Gasteiger partial charge in [0, 0.05) is 26.1 Å². The van der Waals surface area contributed by atoms with Gasteiger partial charge < -0.3 is 20.7 Å². The molecule has 2 heterocycles. The number of nitrogens with two attached hydrogens (primary N) is 1. The van der Waals surface area contributed by atoms with Gasteiger partial charge in [-0.2, -0.15) is 0 Å². The first-order valence-corrected chi connectivity index (χ1v) is 6.93. The van der Waals surface area contributed by atoms with Crippen molar-refractivity contribution in [1.82, 2.24) is 15.2 Å². The van der Waals surface area contributed by atoms with Gasteiger partial charge in [-0.15, -0.1) is 0 Å². The van der Waals surface area contributed by atoms with E-state index in [4.69, 9.17) is 15.4 Å². The molecule has 8 heteroatoms. The molecule has 0 saturated carbocycles. The third-order valence-corrected chi connectivity index (χ3v) is 3.55. The van der Waals surface area contributed by atoms with Crippen LogP contribution in [-0.4, -0.2) is 52.5 Å². The van der Waals surface area contributed by atoms with Crippen LogP contribution in [0.2, 0.25) is 0 Å². The highest BCUT2D eigenvalue weighted by atomic mass is 16.4. The van der Waals surface area contributed by atoms with Crippen LogP contribution in [0.3, 0.4) is 0 Å².